The lowest BCUT2D eigenvalue weighted by Gasteiger charge is -2.08. The average Bonchev–Trinajstić information content (AvgIpc) is 2.27. The molecule has 0 saturated carbocycles. The summed E-state index contributed by atoms with van der Waals surface area (Å²) < 4.78 is 27.0. The standard InChI is InChI=1S/C11H13F2N3O3/c1-6(14)4-5-15-11(17)9-7(12)2-3-8(10(9)13)16(18)19/h2-3,6H,4-5,14H2,1H3,(H,15,17). The number of halogens is 2. The summed E-state index contributed by atoms with van der Waals surface area (Å²) in [6, 6.07) is 1.17. The van der Waals surface area contributed by atoms with Gasteiger partial charge in [-0.25, -0.2) is 4.39 Å². The van der Waals surface area contributed by atoms with E-state index in [0.717, 1.165) is 0 Å². The van der Waals surface area contributed by atoms with Gasteiger partial charge in [-0.05, 0) is 19.4 Å². The van der Waals surface area contributed by atoms with E-state index in [1.54, 1.807) is 6.92 Å². The number of hydrogen-bond donors (Lipinski definition) is 2. The Hall–Kier alpha value is -2.09. The van der Waals surface area contributed by atoms with Crippen LogP contribution in [0.15, 0.2) is 12.1 Å². The van der Waals surface area contributed by atoms with Crippen molar-refractivity contribution in [3.8, 4) is 0 Å². The highest BCUT2D eigenvalue weighted by atomic mass is 19.1. The second-order valence-corrected chi connectivity index (χ2v) is 4.03. The summed E-state index contributed by atoms with van der Waals surface area (Å²) in [5.41, 5.74) is 3.55. The molecule has 1 atom stereocenters. The SMILES string of the molecule is CC(N)CCNC(=O)c1c(F)ccc([N+](=O)[O-])c1F. The van der Waals surface area contributed by atoms with Gasteiger partial charge in [-0.15, -0.1) is 0 Å². The van der Waals surface area contributed by atoms with Crippen LogP contribution in [0.5, 0.6) is 0 Å². The maximum atomic E-state index is 13.7. The van der Waals surface area contributed by atoms with Crippen LogP contribution in [0.1, 0.15) is 23.7 Å². The van der Waals surface area contributed by atoms with Crippen LogP contribution in [0.3, 0.4) is 0 Å². The minimum absolute atomic E-state index is 0.123. The molecule has 6 nitrogen and oxygen atoms in total. The molecule has 3 N–H and O–H groups in total. The maximum Gasteiger partial charge on any atom is 0.305 e. The molecule has 1 aromatic rings. The molecule has 0 aromatic heterocycles. The fourth-order valence-corrected chi connectivity index (χ4v) is 1.39. The van der Waals surface area contributed by atoms with Crippen LogP contribution in [-0.4, -0.2) is 23.4 Å². The molecule has 0 aliphatic carbocycles. The third-order valence-electron chi connectivity index (χ3n) is 2.38. The van der Waals surface area contributed by atoms with Crippen LogP contribution in [-0.2, 0) is 0 Å². The van der Waals surface area contributed by atoms with Gasteiger partial charge in [-0.3, -0.25) is 14.9 Å². The number of nitro groups is 1. The van der Waals surface area contributed by atoms with Crippen molar-refractivity contribution in [1.82, 2.24) is 5.32 Å². The molecule has 0 aliphatic rings. The van der Waals surface area contributed by atoms with Crippen molar-refractivity contribution >= 4 is 11.6 Å². The second kappa shape index (κ2) is 6.19. The van der Waals surface area contributed by atoms with E-state index in [4.69, 9.17) is 5.73 Å². The Morgan fingerprint density at radius 1 is 1.53 bits per heavy atom. The molecule has 104 valence electrons. The summed E-state index contributed by atoms with van der Waals surface area (Å²) in [7, 11) is 0. The monoisotopic (exact) mass is 273 g/mol. The third-order valence-corrected chi connectivity index (χ3v) is 2.38. The molecule has 1 unspecified atom stereocenters. The molecule has 19 heavy (non-hydrogen) atoms. The maximum absolute atomic E-state index is 13.7. The zero-order valence-electron chi connectivity index (χ0n) is 10.2. The van der Waals surface area contributed by atoms with E-state index in [2.05, 4.69) is 5.32 Å². The number of carbonyl (C=O) groups excluding carboxylic acids is 1. The van der Waals surface area contributed by atoms with Crippen molar-refractivity contribution in [2.24, 2.45) is 5.73 Å². The molecule has 0 fully saturated rings. The first-order chi connectivity index (χ1) is 8.84. The van der Waals surface area contributed by atoms with Crippen molar-refractivity contribution in [2.45, 2.75) is 19.4 Å². The lowest BCUT2D eigenvalue weighted by Crippen LogP contribution is -2.30. The number of rotatable bonds is 5. The predicted molar refractivity (Wildman–Crippen MR) is 63.6 cm³/mol. The van der Waals surface area contributed by atoms with E-state index >= 15 is 0 Å². The van der Waals surface area contributed by atoms with E-state index in [-0.39, 0.29) is 12.6 Å². The molecule has 0 saturated heterocycles. The Kier molecular flexibility index (Phi) is 4.87. The molecule has 0 spiro atoms. The Balaban J connectivity index is 2.96. The first-order valence-electron chi connectivity index (χ1n) is 5.50. The quantitative estimate of drug-likeness (QED) is 0.624. The summed E-state index contributed by atoms with van der Waals surface area (Å²) in [4.78, 5) is 21.1. The highest BCUT2D eigenvalue weighted by Crippen LogP contribution is 2.22. The van der Waals surface area contributed by atoms with Gasteiger partial charge in [0.25, 0.3) is 5.91 Å². The zero-order chi connectivity index (χ0) is 14.6. The number of nitrogens with two attached hydrogens (primary N) is 1. The van der Waals surface area contributed by atoms with Crippen LogP contribution < -0.4 is 11.1 Å². The van der Waals surface area contributed by atoms with E-state index < -0.39 is 33.7 Å². The Bertz CT molecular complexity index is 506. The smallest absolute Gasteiger partial charge is 0.305 e. The molecule has 0 bridgehead atoms. The molecule has 1 amide bonds. The third kappa shape index (κ3) is 3.68. The van der Waals surface area contributed by atoms with E-state index in [0.29, 0.717) is 18.6 Å². The average molecular weight is 273 g/mol. The second-order valence-electron chi connectivity index (χ2n) is 4.03. The first-order valence-corrected chi connectivity index (χ1v) is 5.50. The largest absolute Gasteiger partial charge is 0.352 e. The summed E-state index contributed by atoms with van der Waals surface area (Å²) in [6.45, 7) is 1.83. The summed E-state index contributed by atoms with van der Waals surface area (Å²) in [6.07, 6.45) is 0.421. The molecule has 0 aliphatic heterocycles. The Morgan fingerprint density at radius 3 is 2.68 bits per heavy atom. The molecule has 1 aromatic carbocycles. The molecule has 0 radical (unpaired) electrons. The van der Waals surface area contributed by atoms with Crippen molar-refractivity contribution < 1.29 is 18.5 Å². The summed E-state index contributed by atoms with van der Waals surface area (Å²) >= 11 is 0. The van der Waals surface area contributed by atoms with Crippen molar-refractivity contribution in [2.75, 3.05) is 6.54 Å². The number of nitrogens with zero attached hydrogens (tertiary/aromatic N) is 1. The van der Waals surface area contributed by atoms with Gasteiger partial charge in [-0.1, -0.05) is 0 Å². The van der Waals surface area contributed by atoms with Crippen LogP contribution in [0.25, 0.3) is 0 Å². The molecule has 8 heteroatoms. The van der Waals surface area contributed by atoms with Crippen molar-refractivity contribution in [1.29, 1.82) is 0 Å². The van der Waals surface area contributed by atoms with Gasteiger partial charge in [0.05, 0.1) is 4.92 Å². The zero-order valence-corrected chi connectivity index (χ0v) is 10.2. The van der Waals surface area contributed by atoms with Gasteiger partial charge in [0.2, 0.25) is 5.82 Å². The number of nitro benzene ring substituents is 1. The molecule has 1 rings (SSSR count). The van der Waals surface area contributed by atoms with E-state index in [1.165, 1.54) is 0 Å². The van der Waals surface area contributed by atoms with E-state index in [1.807, 2.05) is 0 Å². The highest BCUT2D eigenvalue weighted by molar-refractivity contribution is 5.95. The minimum Gasteiger partial charge on any atom is -0.352 e. The lowest BCUT2D eigenvalue weighted by molar-refractivity contribution is -0.387. The number of amides is 1. The van der Waals surface area contributed by atoms with Crippen LogP contribution >= 0.6 is 0 Å². The summed E-state index contributed by atoms with van der Waals surface area (Å²) in [5.74, 6) is -3.68. The van der Waals surface area contributed by atoms with Crippen molar-refractivity contribution in [3.05, 3.63) is 39.4 Å². The Labute approximate surface area is 107 Å². The first kappa shape index (κ1) is 15.0. The van der Waals surface area contributed by atoms with Crippen LogP contribution in [0, 0.1) is 21.7 Å². The minimum atomic E-state index is -1.48. The fraction of sp³-hybridized carbons (Fsp3) is 0.364. The van der Waals surface area contributed by atoms with Gasteiger partial charge >= 0.3 is 5.69 Å². The Morgan fingerprint density at radius 2 is 2.16 bits per heavy atom. The van der Waals surface area contributed by atoms with Gasteiger partial charge in [0.15, 0.2) is 0 Å². The summed E-state index contributed by atoms with van der Waals surface area (Å²) in [5, 5.41) is 12.8. The van der Waals surface area contributed by atoms with Gasteiger partial charge in [-0.2, -0.15) is 4.39 Å². The number of benzene rings is 1. The normalized spacial score (nSPS) is 12.0. The topological polar surface area (TPSA) is 98.3 Å². The number of nitrogens with one attached hydrogen (secondary N) is 1. The lowest BCUT2D eigenvalue weighted by atomic mass is 10.1. The molecular weight excluding hydrogens is 260 g/mol. The highest BCUT2D eigenvalue weighted by Gasteiger charge is 2.25. The van der Waals surface area contributed by atoms with E-state index in [9.17, 15) is 23.7 Å². The van der Waals surface area contributed by atoms with Crippen molar-refractivity contribution in [3.63, 3.8) is 0 Å². The van der Waals surface area contributed by atoms with Crippen LogP contribution in [0.2, 0.25) is 0 Å². The van der Waals surface area contributed by atoms with Gasteiger partial charge < -0.3 is 11.1 Å². The van der Waals surface area contributed by atoms with Crippen LogP contribution in [0.4, 0.5) is 14.5 Å². The predicted octanol–water partition coefficient (Wildman–Crippen LogP) is 1.34. The molecule has 0 heterocycles. The van der Waals surface area contributed by atoms with Gasteiger partial charge in [0, 0.05) is 18.7 Å². The fourth-order valence-electron chi connectivity index (χ4n) is 1.39. The molecular formula is C11H13F2N3O3. The number of hydrogen-bond acceptors (Lipinski definition) is 4. The number of carbonyl (C=O) groups is 1. The van der Waals surface area contributed by atoms with Gasteiger partial charge in [0.1, 0.15) is 11.4 Å².